The van der Waals surface area contributed by atoms with Crippen LogP contribution in [0.1, 0.15) is 0 Å². The number of hydrogen-bond donors (Lipinski definition) is 4. The lowest BCUT2D eigenvalue weighted by atomic mass is 10.3. The number of rotatable bonds is 8. The molecule has 0 saturated heterocycles. The molecule has 0 aliphatic heterocycles. The lowest BCUT2D eigenvalue weighted by molar-refractivity contribution is 0.0649. The molecule has 0 aromatic carbocycles. The van der Waals surface area contributed by atoms with Crippen molar-refractivity contribution >= 4 is 18.3 Å². The number of amides is 3. The second-order valence-electron chi connectivity index (χ2n) is 3.11. The molecule has 110 valence electrons. The maximum absolute atomic E-state index is 11.2. The SMILES string of the molecule is NOCCOC(=O)NC(COC(N)=O)COC(N)=O. The summed E-state index contributed by atoms with van der Waals surface area (Å²) in [4.78, 5) is 36.3. The Labute approximate surface area is 108 Å². The van der Waals surface area contributed by atoms with E-state index in [2.05, 4.69) is 24.4 Å². The Morgan fingerprint density at radius 1 is 0.947 bits per heavy atom. The van der Waals surface area contributed by atoms with Crippen LogP contribution in [0.4, 0.5) is 14.4 Å². The van der Waals surface area contributed by atoms with Gasteiger partial charge in [0.15, 0.2) is 0 Å². The molecule has 0 radical (unpaired) electrons. The number of carbonyl (C=O) groups is 3. The van der Waals surface area contributed by atoms with Gasteiger partial charge < -0.3 is 35.8 Å². The molecule has 11 heteroatoms. The molecular weight excluding hydrogens is 264 g/mol. The summed E-state index contributed by atoms with van der Waals surface area (Å²) in [6.45, 7) is -0.702. The van der Waals surface area contributed by atoms with Crippen molar-refractivity contribution in [1.82, 2.24) is 5.32 Å². The van der Waals surface area contributed by atoms with Gasteiger partial charge in [-0.2, -0.15) is 0 Å². The van der Waals surface area contributed by atoms with Crippen LogP contribution in [-0.4, -0.2) is 50.7 Å². The van der Waals surface area contributed by atoms with Crippen molar-refractivity contribution in [3.63, 3.8) is 0 Å². The Morgan fingerprint density at radius 3 is 1.89 bits per heavy atom. The Balaban J connectivity index is 4.11. The standard InChI is InChI=1S/C8H16N4O7/c9-6(13)17-3-5(4-18-7(10)14)12-8(15)16-1-2-19-11/h5H,1-4,11H2,(H2,9,13)(H2,10,14)(H,12,15). The summed E-state index contributed by atoms with van der Waals surface area (Å²) in [5.74, 6) is 4.72. The van der Waals surface area contributed by atoms with E-state index in [0.29, 0.717) is 0 Å². The van der Waals surface area contributed by atoms with E-state index in [1.54, 1.807) is 0 Å². The van der Waals surface area contributed by atoms with Gasteiger partial charge >= 0.3 is 18.3 Å². The normalized spacial score (nSPS) is 9.79. The first-order valence-electron chi connectivity index (χ1n) is 5.05. The van der Waals surface area contributed by atoms with Gasteiger partial charge in [-0.15, -0.1) is 0 Å². The van der Waals surface area contributed by atoms with Crippen molar-refractivity contribution in [2.24, 2.45) is 17.4 Å². The predicted octanol–water partition coefficient (Wildman–Crippen LogP) is -1.84. The van der Waals surface area contributed by atoms with Crippen LogP contribution in [0.5, 0.6) is 0 Å². The van der Waals surface area contributed by atoms with Gasteiger partial charge in [0.05, 0.1) is 0 Å². The third-order valence-corrected chi connectivity index (χ3v) is 1.61. The fourth-order valence-corrected chi connectivity index (χ4v) is 0.888. The molecule has 0 aromatic heterocycles. The van der Waals surface area contributed by atoms with E-state index in [1.807, 2.05) is 0 Å². The molecule has 0 fully saturated rings. The topological polar surface area (TPSA) is 178 Å². The van der Waals surface area contributed by atoms with Gasteiger partial charge in [0, 0.05) is 0 Å². The molecule has 3 amide bonds. The maximum atomic E-state index is 11.2. The number of primary amides is 2. The van der Waals surface area contributed by atoms with Gasteiger partial charge in [-0.3, -0.25) is 0 Å². The van der Waals surface area contributed by atoms with E-state index >= 15 is 0 Å². The summed E-state index contributed by atoms with van der Waals surface area (Å²) < 4.78 is 13.5. The minimum atomic E-state index is -1.05. The number of hydrogen-bond acceptors (Lipinski definition) is 8. The minimum absolute atomic E-state index is 0.00760. The second kappa shape index (κ2) is 9.73. The average Bonchev–Trinajstić information content (AvgIpc) is 2.32. The first-order chi connectivity index (χ1) is 8.95. The van der Waals surface area contributed by atoms with Gasteiger partial charge in [-0.25, -0.2) is 20.3 Å². The molecule has 7 N–H and O–H groups in total. The highest BCUT2D eigenvalue weighted by atomic mass is 16.6. The van der Waals surface area contributed by atoms with Crippen molar-refractivity contribution in [1.29, 1.82) is 0 Å². The maximum Gasteiger partial charge on any atom is 0.407 e. The summed E-state index contributed by atoms with van der Waals surface area (Å²) in [6, 6.07) is -0.855. The molecule has 0 heterocycles. The van der Waals surface area contributed by atoms with Gasteiger partial charge in [0.1, 0.15) is 32.5 Å². The Hall–Kier alpha value is -2.27. The van der Waals surface area contributed by atoms with E-state index in [4.69, 9.17) is 17.4 Å². The van der Waals surface area contributed by atoms with Crippen LogP contribution in [0.15, 0.2) is 0 Å². The van der Waals surface area contributed by atoms with E-state index in [1.165, 1.54) is 0 Å². The van der Waals surface area contributed by atoms with Crippen molar-refractivity contribution in [2.45, 2.75) is 6.04 Å². The number of nitrogens with two attached hydrogens (primary N) is 3. The molecule has 0 aliphatic rings. The highest BCUT2D eigenvalue weighted by Crippen LogP contribution is 1.91. The zero-order valence-electron chi connectivity index (χ0n) is 10.00. The molecular formula is C8H16N4O7. The Kier molecular flexibility index (Phi) is 8.57. The highest BCUT2D eigenvalue weighted by Gasteiger charge is 2.16. The molecule has 0 spiro atoms. The number of carbonyl (C=O) groups excluding carboxylic acids is 3. The number of ether oxygens (including phenoxy) is 3. The highest BCUT2D eigenvalue weighted by molar-refractivity contribution is 5.68. The van der Waals surface area contributed by atoms with Crippen LogP contribution < -0.4 is 22.7 Å². The first-order valence-corrected chi connectivity index (χ1v) is 5.05. The summed E-state index contributed by atoms with van der Waals surface area (Å²) in [5, 5.41) is 2.26. The van der Waals surface area contributed by atoms with E-state index in [0.717, 1.165) is 0 Å². The Morgan fingerprint density at radius 2 is 1.47 bits per heavy atom. The summed E-state index contributed by atoms with van der Waals surface area (Å²) in [6.07, 6.45) is -2.94. The summed E-state index contributed by atoms with van der Waals surface area (Å²) in [7, 11) is 0. The van der Waals surface area contributed by atoms with E-state index in [9.17, 15) is 14.4 Å². The molecule has 0 aromatic rings. The van der Waals surface area contributed by atoms with Crippen LogP contribution in [0.3, 0.4) is 0 Å². The molecule has 0 unspecified atom stereocenters. The van der Waals surface area contributed by atoms with Gasteiger partial charge in [0.25, 0.3) is 0 Å². The van der Waals surface area contributed by atoms with E-state index in [-0.39, 0.29) is 26.4 Å². The van der Waals surface area contributed by atoms with Gasteiger partial charge in [0.2, 0.25) is 0 Å². The lowest BCUT2D eigenvalue weighted by Gasteiger charge is -2.17. The zero-order valence-corrected chi connectivity index (χ0v) is 10.00. The summed E-state index contributed by atoms with van der Waals surface area (Å²) >= 11 is 0. The van der Waals surface area contributed by atoms with E-state index < -0.39 is 24.3 Å². The molecule has 0 bridgehead atoms. The fourth-order valence-electron chi connectivity index (χ4n) is 0.888. The predicted molar refractivity (Wildman–Crippen MR) is 59.5 cm³/mol. The molecule has 0 aliphatic carbocycles. The molecule has 0 atom stereocenters. The smallest absolute Gasteiger partial charge is 0.407 e. The lowest BCUT2D eigenvalue weighted by Crippen LogP contribution is -2.43. The second-order valence-corrected chi connectivity index (χ2v) is 3.11. The number of alkyl carbamates (subject to hydrolysis) is 1. The minimum Gasteiger partial charge on any atom is -0.447 e. The quantitative estimate of drug-likeness (QED) is 0.227. The fraction of sp³-hybridized carbons (Fsp3) is 0.625. The van der Waals surface area contributed by atoms with Crippen LogP contribution in [-0.2, 0) is 19.0 Å². The largest absolute Gasteiger partial charge is 0.447 e. The average molecular weight is 280 g/mol. The van der Waals surface area contributed by atoms with Crippen molar-refractivity contribution in [3.05, 3.63) is 0 Å². The van der Waals surface area contributed by atoms with Crippen LogP contribution in [0.2, 0.25) is 0 Å². The molecule has 19 heavy (non-hydrogen) atoms. The van der Waals surface area contributed by atoms with Crippen molar-refractivity contribution < 1.29 is 33.4 Å². The van der Waals surface area contributed by atoms with Crippen molar-refractivity contribution in [2.75, 3.05) is 26.4 Å². The van der Waals surface area contributed by atoms with Crippen LogP contribution >= 0.6 is 0 Å². The molecule has 0 rings (SSSR count). The third-order valence-electron chi connectivity index (χ3n) is 1.61. The zero-order chi connectivity index (χ0) is 14.7. The third kappa shape index (κ3) is 10.6. The van der Waals surface area contributed by atoms with Crippen molar-refractivity contribution in [3.8, 4) is 0 Å². The first kappa shape index (κ1) is 16.7. The van der Waals surface area contributed by atoms with Gasteiger partial charge in [-0.05, 0) is 0 Å². The summed E-state index contributed by atoms with van der Waals surface area (Å²) in [5.41, 5.74) is 9.52. The van der Waals surface area contributed by atoms with Gasteiger partial charge in [-0.1, -0.05) is 0 Å². The monoisotopic (exact) mass is 280 g/mol. The molecule has 11 nitrogen and oxygen atoms in total. The van der Waals surface area contributed by atoms with Crippen LogP contribution in [0, 0.1) is 0 Å². The van der Waals surface area contributed by atoms with Crippen LogP contribution in [0.25, 0.3) is 0 Å². The molecule has 0 saturated carbocycles. The number of nitrogens with one attached hydrogen (secondary N) is 1. The Bertz CT molecular complexity index is 293.